The van der Waals surface area contributed by atoms with Gasteiger partial charge in [-0.2, -0.15) is 0 Å². The van der Waals surface area contributed by atoms with E-state index in [2.05, 4.69) is 5.43 Å². The van der Waals surface area contributed by atoms with Crippen molar-refractivity contribution in [2.45, 2.75) is 32.5 Å². The lowest BCUT2D eigenvalue weighted by Gasteiger charge is -2.21. The van der Waals surface area contributed by atoms with E-state index in [1.165, 1.54) is 0 Å². The summed E-state index contributed by atoms with van der Waals surface area (Å²) in [5.41, 5.74) is 3.13. The molecule has 0 bridgehead atoms. The monoisotopic (exact) mass is 364 g/mol. The van der Waals surface area contributed by atoms with Crippen molar-refractivity contribution in [3.8, 4) is 11.5 Å². The van der Waals surface area contributed by atoms with Crippen molar-refractivity contribution in [2.75, 3.05) is 0 Å². The van der Waals surface area contributed by atoms with Crippen LogP contribution in [-0.4, -0.2) is 18.1 Å². The number of hydrogen-bond acceptors (Lipinski definition) is 4. The predicted molar refractivity (Wildman–Crippen MR) is 107 cm³/mol. The number of benzene rings is 3. The molecule has 0 saturated heterocycles. The number of hydrazine groups is 1. The molecule has 0 fully saturated rings. The number of rotatable bonds is 7. The van der Waals surface area contributed by atoms with Crippen LogP contribution in [0.15, 0.2) is 66.7 Å². The molecule has 5 nitrogen and oxygen atoms in total. The molecule has 1 unspecified atom stereocenters. The van der Waals surface area contributed by atoms with E-state index in [0.29, 0.717) is 12.2 Å². The van der Waals surface area contributed by atoms with Crippen LogP contribution in [0.4, 0.5) is 0 Å². The number of nitrogens with one attached hydrogen (secondary N) is 1. The third kappa shape index (κ3) is 4.57. The molecule has 140 valence electrons. The highest BCUT2D eigenvalue weighted by Gasteiger charge is 2.24. The van der Waals surface area contributed by atoms with Gasteiger partial charge in [0.25, 0.3) is 5.91 Å². The number of carbonyl (C=O) groups is 1. The maximum atomic E-state index is 12.4. The van der Waals surface area contributed by atoms with E-state index in [1.54, 1.807) is 0 Å². The molecule has 0 aliphatic heterocycles. The maximum Gasteiger partial charge on any atom is 0.275 e. The molecule has 0 saturated carbocycles. The summed E-state index contributed by atoms with van der Waals surface area (Å²) in [6.07, 6.45) is -0.430. The van der Waals surface area contributed by atoms with Crippen LogP contribution >= 0.6 is 0 Å². The first-order chi connectivity index (χ1) is 13.1. The molecule has 3 rings (SSSR count). The van der Waals surface area contributed by atoms with Crippen LogP contribution < -0.4 is 20.7 Å². The predicted octanol–water partition coefficient (Wildman–Crippen LogP) is 3.61. The van der Waals surface area contributed by atoms with Gasteiger partial charge in [-0.15, -0.1) is 0 Å². The van der Waals surface area contributed by atoms with Crippen LogP contribution in [0.25, 0.3) is 10.8 Å². The highest BCUT2D eigenvalue weighted by molar-refractivity contribution is 5.89. The lowest BCUT2D eigenvalue weighted by Crippen LogP contribution is -2.43. The quantitative estimate of drug-likeness (QED) is 0.382. The van der Waals surface area contributed by atoms with E-state index < -0.39 is 6.10 Å². The second kappa shape index (κ2) is 8.56. The molecule has 0 aliphatic rings. The van der Waals surface area contributed by atoms with Crippen molar-refractivity contribution in [3.05, 3.63) is 72.3 Å². The van der Waals surface area contributed by atoms with E-state index in [9.17, 15) is 4.79 Å². The van der Waals surface area contributed by atoms with E-state index in [-0.39, 0.29) is 12.0 Å². The Morgan fingerprint density at radius 1 is 0.963 bits per heavy atom. The highest BCUT2D eigenvalue weighted by Crippen LogP contribution is 2.31. The van der Waals surface area contributed by atoms with Gasteiger partial charge in [0.05, 0.1) is 6.10 Å². The van der Waals surface area contributed by atoms with Crippen molar-refractivity contribution in [3.63, 3.8) is 0 Å². The lowest BCUT2D eigenvalue weighted by atomic mass is 9.98. The molecular weight excluding hydrogens is 340 g/mol. The average molecular weight is 364 g/mol. The summed E-state index contributed by atoms with van der Waals surface area (Å²) >= 11 is 0. The largest absolute Gasteiger partial charge is 0.491 e. The Balaban J connectivity index is 2.01. The molecular formula is C22H24N2O3. The zero-order valence-electron chi connectivity index (χ0n) is 15.5. The van der Waals surface area contributed by atoms with E-state index in [4.69, 9.17) is 15.3 Å². The van der Waals surface area contributed by atoms with Crippen LogP contribution in [0.5, 0.6) is 11.5 Å². The average Bonchev–Trinajstić information content (AvgIpc) is 2.68. The van der Waals surface area contributed by atoms with Crippen LogP contribution in [0.1, 0.15) is 19.4 Å². The number of amides is 1. The van der Waals surface area contributed by atoms with E-state index in [0.717, 1.165) is 22.1 Å². The molecule has 3 aromatic carbocycles. The lowest BCUT2D eigenvalue weighted by molar-refractivity contribution is -0.128. The van der Waals surface area contributed by atoms with Gasteiger partial charge in [-0.1, -0.05) is 48.5 Å². The zero-order valence-corrected chi connectivity index (χ0v) is 15.5. The third-order valence-electron chi connectivity index (χ3n) is 4.21. The molecule has 0 aromatic heterocycles. The Labute approximate surface area is 159 Å². The topological polar surface area (TPSA) is 73.6 Å². The Morgan fingerprint density at radius 2 is 1.67 bits per heavy atom. The molecule has 3 aromatic rings. The van der Waals surface area contributed by atoms with Crippen molar-refractivity contribution >= 4 is 16.7 Å². The number of para-hydroxylation sites is 1. The fraction of sp³-hybridized carbons (Fsp3) is 0.227. The number of fused-ring (bicyclic) bond motifs is 1. The van der Waals surface area contributed by atoms with E-state index in [1.807, 2.05) is 80.6 Å². The molecule has 0 radical (unpaired) electrons. The van der Waals surface area contributed by atoms with Crippen LogP contribution in [0.2, 0.25) is 0 Å². The fourth-order valence-electron chi connectivity index (χ4n) is 3.02. The van der Waals surface area contributed by atoms with Crippen molar-refractivity contribution in [1.82, 2.24) is 5.43 Å². The van der Waals surface area contributed by atoms with Crippen molar-refractivity contribution < 1.29 is 14.3 Å². The summed E-state index contributed by atoms with van der Waals surface area (Å²) in [4.78, 5) is 12.4. The highest BCUT2D eigenvalue weighted by atomic mass is 16.5. The van der Waals surface area contributed by atoms with Gasteiger partial charge in [-0.05, 0) is 42.8 Å². The minimum Gasteiger partial charge on any atom is -0.491 e. The zero-order chi connectivity index (χ0) is 19.2. The van der Waals surface area contributed by atoms with Gasteiger partial charge in [-0.25, -0.2) is 5.84 Å². The molecule has 0 spiro atoms. The third-order valence-corrected chi connectivity index (χ3v) is 4.21. The minimum absolute atomic E-state index is 0.0155. The summed E-state index contributed by atoms with van der Waals surface area (Å²) < 4.78 is 11.9. The fourth-order valence-corrected chi connectivity index (χ4v) is 3.02. The molecule has 1 amide bonds. The van der Waals surface area contributed by atoms with Crippen LogP contribution in [0, 0.1) is 0 Å². The second-order valence-electron chi connectivity index (χ2n) is 6.56. The Hall–Kier alpha value is -3.05. The Morgan fingerprint density at radius 3 is 2.37 bits per heavy atom. The first-order valence-corrected chi connectivity index (χ1v) is 8.98. The van der Waals surface area contributed by atoms with Gasteiger partial charge < -0.3 is 9.47 Å². The maximum absolute atomic E-state index is 12.4. The number of ether oxygens (including phenoxy) is 2. The van der Waals surface area contributed by atoms with Crippen LogP contribution in [-0.2, 0) is 11.2 Å². The second-order valence-corrected chi connectivity index (χ2v) is 6.56. The van der Waals surface area contributed by atoms with E-state index >= 15 is 0 Å². The van der Waals surface area contributed by atoms with Gasteiger partial charge in [0.2, 0.25) is 0 Å². The standard InChI is InChI=1S/C22H24N2O3/c1-15(2)26-20-13-12-16-8-6-7-11-18(16)19(20)14-21(22(25)24-23)27-17-9-4-3-5-10-17/h3-13,15,21H,14,23H2,1-2H3,(H,24,25). The molecule has 1 atom stereocenters. The van der Waals surface area contributed by atoms with Gasteiger partial charge >= 0.3 is 0 Å². The summed E-state index contributed by atoms with van der Waals surface area (Å²) in [5, 5.41) is 2.11. The SMILES string of the molecule is CC(C)Oc1ccc2ccccc2c1CC(Oc1ccccc1)C(=O)NN. The Kier molecular flexibility index (Phi) is 5.94. The van der Waals surface area contributed by atoms with Gasteiger partial charge in [0.15, 0.2) is 6.10 Å². The molecule has 0 heterocycles. The first-order valence-electron chi connectivity index (χ1n) is 8.98. The number of nitrogens with two attached hydrogens (primary N) is 1. The minimum atomic E-state index is -0.780. The molecule has 5 heteroatoms. The van der Waals surface area contributed by atoms with Gasteiger partial charge in [0, 0.05) is 12.0 Å². The van der Waals surface area contributed by atoms with Crippen molar-refractivity contribution in [2.24, 2.45) is 5.84 Å². The molecule has 27 heavy (non-hydrogen) atoms. The van der Waals surface area contributed by atoms with Crippen LogP contribution in [0.3, 0.4) is 0 Å². The summed E-state index contributed by atoms with van der Waals surface area (Å²) in [7, 11) is 0. The summed E-state index contributed by atoms with van der Waals surface area (Å²) in [6.45, 7) is 3.95. The molecule has 0 aliphatic carbocycles. The summed E-state index contributed by atoms with van der Waals surface area (Å²) in [5.74, 6) is 6.37. The first kappa shape index (κ1) is 18.7. The number of hydrogen-bond donors (Lipinski definition) is 2. The summed E-state index contributed by atoms with van der Waals surface area (Å²) in [6, 6.07) is 21.2. The van der Waals surface area contributed by atoms with Gasteiger partial charge in [0.1, 0.15) is 11.5 Å². The Bertz CT molecular complexity index is 910. The smallest absolute Gasteiger partial charge is 0.275 e. The van der Waals surface area contributed by atoms with Crippen molar-refractivity contribution in [1.29, 1.82) is 0 Å². The number of carbonyl (C=O) groups excluding carboxylic acids is 1. The molecule has 3 N–H and O–H groups in total. The van der Waals surface area contributed by atoms with Gasteiger partial charge in [-0.3, -0.25) is 10.2 Å². The normalized spacial score (nSPS) is 12.0.